The summed E-state index contributed by atoms with van der Waals surface area (Å²) in [5.74, 6) is 1.98. The minimum absolute atomic E-state index is 0.348. The Morgan fingerprint density at radius 3 is 2.54 bits per heavy atom. The number of anilines is 2. The molecule has 1 saturated heterocycles. The van der Waals surface area contributed by atoms with Crippen LogP contribution in [0.25, 0.3) is 33.8 Å². The van der Waals surface area contributed by atoms with Crippen LogP contribution < -0.4 is 10.6 Å². The third-order valence-electron chi connectivity index (χ3n) is 5.14. The van der Waals surface area contributed by atoms with Crippen molar-refractivity contribution in [3.05, 3.63) is 48.8 Å². The number of fused-ring (bicyclic) bond motifs is 1. The number of pyridine rings is 1. The first-order valence-corrected chi connectivity index (χ1v) is 9.57. The van der Waals surface area contributed by atoms with Gasteiger partial charge in [0.2, 0.25) is 0 Å². The van der Waals surface area contributed by atoms with E-state index in [1.807, 2.05) is 36.5 Å². The molecule has 3 aromatic heterocycles. The maximum Gasteiger partial charge on any atom is 0.161 e. The lowest BCUT2D eigenvalue weighted by Crippen LogP contribution is -2.29. The lowest BCUT2D eigenvalue weighted by molar-refractivity contribution is 0.573. The Kier molecular flexibility index (Phi) is 4.12. The largest absolute Gasteiger partial charge is 0.382 e. The Balaban J connectivity index is 1.48. The van der Waals surface area contributed by atoms with Crippen molar-refractivity contribution < 1.29 is 0 Å². The molecule has 3 N–H and O–H groups in total. The van der Waals surface area contributed by atoms with E-state index < -0.39 is 0 Å². The summed E-state index contributed by atoms with van der Waals surface area (Å²) < 4.78 is 0. The van der Waals surface area contributed by atoms with Crippen LogP contribution in [-0.4, -0.2) is 38.0 Å². The van der Waals surface area contributed by atoms with Crippen molar-refractivity contribution in [3.63, 3.8) is 0 Å². The molecule has 0 spiro atoms. The zero-order valence-corrected chi connectivity index (χ0v) is 15.5. The molecule has 0 aliphatic carbocycles. The number of nitrogens with one attached hydrogen (secondary N) is 1. The summed E-state index contributed by atoms with van der Waals surface area (Å²) in [4.78, 5) is 23.9. The molecule has 1 aromatic carbocycles. The third-order valence-corrected chi connectivity index (χ3v) is 5.14. The van der Waals surface area contributed by atoms with Gasteiger partial charge in [-0.05, 0) is 43.5 Å². The van der Waals surface area contributed by atoms with Gasteiger partial charge in [-0.3, -0.25) is 0 Å². The van der Waals surface area contributed by atoms with Gasteiger partial charge in [-0.15, -0.1) is 0 Å². The fourth-order valence-corrected chi connectivity index (χ4v) is 3.62. The molecule has 1 aliphatic rings. The molecule has 0 radical (unpaired) electrons. The number of imidazole rings is 1. The maximum absolute atomic E-state index is 6.09. The highest BCUT2D eigenvalue weighted by atomic mass is 15.2. The molecule has 7 heteroatoms. The zero-order chi connectivity index (χ0) is 18.9. The molecule has 4 heterocycles. The highest BCUT2D eigenvalue weighted by molar-refractivity contribution is 5.80. The number of hydrogen-bond acceptors (Lipinski definition) is 6. The molecule has 1 aliphatic heterocycles. The Hall–Kier alpha value is -3.48. The number of rotatable bonds is 3. The van der Waals surface area contributed by atoms with Crippen molar-refractivity contribution in [2.24, 2.45) is 0 Å². The van der Waals surface area contributed by atoms with Crippen LogP contribution in [0.5, 0.6) is 0 Å². The average molecular weight is 371 g/mol. The monoisotopic (exact) mass is 371 g/mol. The number of benzene rings is 1. The molecule has 0 unspecified atom stereocenters. The number of aromatic amines is 1. The van der Waals surface area contributed by atoms with E-state index in [-0.39, 0.29) is 0 Å². The Morgan fingerprint density at radius 2 is 1.75 bits per heavy atom. The van der Waals surface area contributed by atoms with E-state index >= 15 is 0 Å². The number of piperidine rings is 1. The summed E-state index contributed by atoms with van der Waals surface area (Å²) in [7, 11) is 0. The fourth-order valence-electron chi connectivity index (χ4n) is 3.62. The van der Waals surface area contributed by atoms with Gasteiger partial charge in [0, 0.05) is 24.8 Å². The first-order valence-electron chi connectivity index (χ1n) is 9.57. The summed E-state index contributed by atoms with van der Waals surface area (Å²) >= 11 is 0. The molecule has 0 saturated carbocycles. The van der Waals surface area contributed by atoms with Crippen molar-refractivity contribution >= 4 is 22.7 Å². The van der Waals surface area contributed by atoms with Gasteiger partial charge in [0.05, 0.1) is 22.9 Å². The second-order valence-electron chi connectivity index (χ2n) is 7.04. The summed E-state index contributed by atoms with van der Waals surface area (Å²) in [5, 5.41) is 0. The predicted molar refractivity (Wildman–Crippen MR) is 111 cm³/mol. The molecule has 0 bridgehead atoms. The van der Waals surface area contributed by atoms with E-state index in [1.165, 1.54) is 19.3 Å². The smallest absolute Gasteiger partial charge is 0.161 e. The lowest BCUT2D eigenvalue weighted by Gasteiger charge is -2.27. The van der Waals surface area contributed by atoms with Gasteiger partial charge >= 0.3 is 0 Å². The maximum atomic E-state index is 6.09. The summed E-state index contributed by atoms with van der Waals surface area (Å²) in [6.45, 7) is 2.15. The summed E-state index contributed by atoms with van der Waals surface area (Å²) in [6.07, 6.45) is 7.30. The van der Waals surface area contributed by atoms with Crippen molar-refractivity contribution in [1.82, 2.24) is 24.9 Å². The first kappa shape index (κ1) is 16.7. The minimum atomic E-state index is 0.348. The number of hydrogen-bond donors (Lipinski definition) is 2. The molecule has 28 heavy (non-hydrogen) atoms. The quantitative estimate of drug-likeness (QED) is 0.570. The molecule has 5 rings (SSSR count). The molecule has 0 amide bonds. The summed E-state index contributed by atoms with van der Waals surface area (Å²) in [5.41, 5.74) is 10.1. The van der Waals surface area contributed by atoms with E-state index in [1.54, 1.807) is 6.20 Å². The topological polar surface area (TPSA) is 96.6 Å². The van der Waals surface area contributed by atoms with Gasteiger partial charge in [-0.2, -0.15) is 0 Å². The standard InChI is InChI=1S/C21H21N7/c22-20-19(21-26-15-6-2-3-7-16(15)27-21)25-17(13-24-20)14-8-9-18(23-12-14)28-10-4-1-5-11-28/h2-3,6-9,12-13H,1,4-5,10-11H2,(H2,22,24)(H,26,27). The van der Waals surface area contributed by atoms with Crippen LogP contribution in [0.2, 0.25) is 0 Å². The van der Waals surface area contributed by atoms with Crippen LogP contribution in [-0.2, 0) is 0 Å². The molecule has 1 fully saturated rings. The fraction of sp³-hybridized carbons (Fsp3) is 0.238. The van der Waals surface area contributed by atoms with Crippen LogP contribution in [0.3, 0.4) is 0 Å². The third kappa shape index (κ3) is 3.05. The van der Waals surface area contributed by atoms with Gasteiger partial charge in [0.15, 0.2) is 11.6 Å². The van der Waals surface area contributed by atoms with E-state index in [2.05, 4.69) is 30.9 Å². The molecule has 0 atom stereocenters. The number of nitrogens with zero attached hydrogens (tertiary/aromatic N) is 5. The Morgan fingerprint density at radius 1 is 0.893 bits per heavy atom. The second-order valence-corrected chi connectivity index (χ2v) is 7.04. The Bertz CT molecular complexity index is 1080. The molecular formula is C21H21N7. The highest BCUT2D eigenvalue weighted by Gasteiger charge is 2.15. The van der Waals surface area contributed by atoms with Crippen LogP contribution >= 0.6 is 0 Å². The van der Waals surface area contributed by atoms with Gasteiger partial charge in [-0.25, -0.2) is 19.9 Å². The van der Waals surface area contributed by atoms with Crippen molar-refractivity contribution in [1.29, 1.82) is 0 Å². The van der Waals surface area contributed by atoms with E-state index in [9.17, 15) is 0 Å². The molecule has 7 nitrogen and oxygen atoms in total. The average Bonchev–Trinajstić information content (AvgIpc) is 3.19. The van der Waals surface area contributed by atoms with Crippen molar-refractivity contribution in [2.45, 2.75) is 19.3 Å². The normalized spacial score (nSPS) is 14.5. The van der Waals surface area contributed by atoms with Crippen LogP contribution in [0.4, 0.5) is 11.6 Å². The number of nitrogen functional groups attached to an aromatic ring is 1. The van der Waals surface area contributed by atoms with E-state index in [0.29, 0.717) is 17.3 Å². The predicted octanol–water partition coefficient (Wildman–Crippen LogP) is 3.65. The lowest BCUT2D eigenvalue weighted by atomic mass is 10.1. The minimum Gasteiger partial charge on any atom is -0.382 e. The van der Waals surface area contributed by atoms with Crippen molar-refractivity contribution in [3.8, 4) is 22.8 Å². The zero-order valence-electron chi connectivity index (χ0n) is 15.5. The van der Waals surface area contributed by atoms with Crippen molar-refractivity contribution in [2.75, 3.05) is 23.7 Å². The molecular weight excluding hydrogens is 350 g/mol. The Labute approximate surface area is 162 Å². The van der Waals surface area contributed by atoms with Gasteiger partial charge in [-0.1, -0.05) is 12.1 Å². The number of H-pyrrole nitrogens is 1. The highest BCUT2D eigenvalue weighted by Crippen LogP contribution is 2.27. The number of nitrogens with two attached hydrogens (primary N) is 1. The molecule has 4 aromatic rings. The number of aromatic nitrogens is 5. The van der Waals surface area contributed by atoms with Crippen LogP contribution in [0.1, 0.15) is 19.3 Å². The van der Waals surface area contributed by atoms with Gasteiger partial charge in [0.1, 0.15) is 11.5 Å². The first-order chi connectivity index (χ1) is 13.8. The molecule has 140 valence electrons. The van der Waals surface area contributed by atoms with E-state index in [0.717, 1.165) is 41.2 Å². The number of para-hydroxylation sites is 2. The van der Waals surface area contributed by atoms with E-state index in [4.69, 9.17) is 10.7 Å². The van der Waals surface area contributed by atoms with Gasteiger partial charge in [0.25, 0.3) is 0 Å². The van der Waals surface area contributed by atoms with Crippen LogP contribution in [0.15, 0.2) is 48.8 Å². The SMILES string of the molecule is Nc1ncc(-c2ccc(N3CCCCC3)nc2)nc1-c1nc2ccccc2[nH]1. The van der Waals surface area contributed by atoms with Crippen LogP contribution in [0, 0.1) is 0 Å². The van der Waals surface area contributed by atoms with Gasteiger partial charge < -0.3 is 15.6 Å². The summed E-state index contributed by atoms with van der Waals surface area (Å²) in [6, 6.07) is 11.9. The second kappa shape index (κ2) is 6.92.